The van der Waals surface area contributed by atoms with Crippen molar-refractivity contribution in [2.45, 2.75) is 6.61 Å². The first kappa shape index (κ1) is 11.5. The molecule has 0 bridgehead atoms. The summed E-state index contributed by atoms with van der Waals surface area (Å²) in [6.07, 6.45) is 0. The van der Waals surface area contributed by atoms with E-state index in [2.05, 4.69) is 15.1 Å². The van der Waals surface area contributed by atoms with E-state index in [1.165, 1.54) is 32.4 Å². The molecule has 0 amide bonds. The summed E-state index contributed by atoms with van der Waals surface area (Å²) < 4.78 is 33.0. The number of benzene rings is 1. The summed E-state index contributed by atoms with van der Waals surface area (Å²) in [5, 5.41) is 0. The average molecular weight is 219 g/mol. The molecule has 0 atom stereocenters. The quantitative estimate of drug-likeness (QED) is 0.771. The molecule has 84 valence electrons. The summed E-state index contributed by atoms with van der Waals surface area (Å²) in [4.78, 5) is 4.66. The van der Waals surface area contributed by atoms with Crippen LogP contribution in [0.4, 0.5) is 14.5 Å². The monoisotopic (exact) mass is 219 g/mol. The number of hydrogen-bond donors (Lipinski definition) is 1. The highest BCUT2D eigenvalue weighted by Crippen LogP contribution is 2.29. The predicted octanol–water partition coefficient (Wildman–Crippen LogP) is 2.27. The smallest absolute Gasteiger partial charge is 0.387 e. The third-order valence-electron chi connectivity index (χ3n) is 1.61. The van der Waals surface area contributed by atoms with Gasteiger partial charge in [-0.1, -0.05) is 0 Å². The molecule has 0 radical (unpaired) electrons. The highest BCUT2D eigenvalue weighted by Gasteiger charge is 2.08. The van der Waals surface area contributed by atoms with Gasteiger partial charge in [0.2, 0.25) is 0 Å². The number of hydrogen-bond acceptors (Lipinski definition) is 4. The number of halogens is 2. The Hall–Kier alpha value is -1.56. The molecule has 1 aromatic rings. The van der Waals surface area contributed by atoms with Gasteiger partial charge in [-0.05, 0) is 12.1 Å². The van der Waals surface area contributed by atoms with Crippen molar-refractivity contribution in [1.29, 1.82) is 0 Å². The van der Waals surface area contributed by atoms with Crippen molar-refractivity contribution >= 4 is 5.69 Å². The minimum absolute atomic E-state index is 0.0327. The van der Waals surface area contributed by atoms with Crippen molar-refractivity contribution in [2.75, 3.05) is 19.7 Å². The molecule has 1 aromatic carbocycles. The van der Waals surface area contributed by atoms with Crippen LogP contribution < -0.4 is 15.0 Å². The lowest BCUT2D eigenvalue weighted by Gasteiger charge is -2.11. The molecular formula is C9H11F2NO3. The Bertz CT molecular complexity index is 320. The summed E-state index contributed by atoms with van der Waals surface area (Å²) >= 11 is 0. The molecule has 1 N–H and O–H groups in total. The Morgan fingerprint density at radius 3 is 2.53 bits per heavy atom. The number of anilines is 1. The third-order valence-corrected chi connectivity index (χ3v) is 1.61. The largest absolute Gasteiger partial charge is 0.494 e. The second kappa shape index (κ2) is 5.35. The maximum atomic E-state index is 11.9. The molecule has 4 nitrogen and oxygen atoms in total. The molecule has 0 spiro atoms. The van der Waals surface area contributed by atoms with E-state index in [-0.39, 0.29) is 5.75 Å². The maximum Gasteiger partial charge on any atom is 0.387 e. The first-order valence-electron chi connectivity index (χ1n) is 4.09. The third kappa shape index (κ3) is 3.25. The Morgan fingerprint density at radius 2 is 2.00 bits per heavy atom. The van der Waals surface area contributed by atoms with Gasteiger partial charge in [-0.3, -0.25) is 10.3 Å². The summed E-state index contributed by atoms with van der Waals surface area (Å²) in [5.74, 6) is 0.504. The van der Waals surface area contributed by atoms with Crippen molar-refractivity contribution < 1.29 is 23.1 Å². The first-order chi connectivity index (χ1) is 7.17. The number of ether oxygens (including phenoxy) is 2. The highest BCUT2D eigenvalue weighted by atomic mass is 19.3. The lowest BCUT2D eigenvalue weighted by molar-refractivity contribution is -0.0498. The molecule has 1 rings (SSSR count). The molecule has 0 heterocycles. The summed E-state index contributed by atoms with van der Waals surface area (Å²) in [5.41, 5.74) is 2.91. The van der Waals surface area contributed by atoms with Gasteiger partial charge >= 0.3 is 6.61 Å². The fourth-order valence-corrected chi connectivity index (χ4v) is 1.05. The van der Waals surface area contributed by atoms with E-state index in [4.69, 9.17) is 4.74 Å². The van der Waals surface area contributed by atoms with Crippen LogP contribution in [-0.2, 0) is 4.84 Å². The van der Waals surface area contributed by atoms with Gasteiger partial charge in [0.25, 0.3) is 0 Å². The fourth-order valence-electron chi connectivity index (χ4n) is 1.05. The van der Waals surface area contributed by atoms with E-state index in [0.29, 0.717) is 11.4 Å². The summed E-state index contributed by atoms with van der Waals surface area (Å²) in [7, 11) is 2.86. The molecule has 0 fully saturated rings. The van der Waals surface area contributed by atoms with Gasteiger partial charge in [-0.15, -0.1) is 0 Å². The predicted molar refractivity (Wildman–Crippen MR) is 50.3 cm³/mol. The molecular weight excluding hydrogens is 208 g/mol. The second-order valence-electron chi connectivity index (χ2n) is 2.55. The number of rotatable bonds is 5. The van der Waals surface area contributed by atoms with Gasteiger partial charge in [0.05, 0.1) is 14.2 Å². The van der Waals surface area contributed by atoms with Crippen molar-refractivity contribution in [3.63, 3.8) is 0 Å². The van der Waals surface area contributed by atoms with Crippen LogP contribution in [0.5, 0.6) is 11.5 Å². The van der Waals surface area contributed by atoms with Crippen LogP contribution in [0, 0.1) is 0 Å². The van der Waals surface area contributed by atoms with Crippen LogP contribution in [0.15, 0.2) is 18.2 Å². The van der Waals surface area contributed by atoms with Crippen LogP contribution in [0.2, 0.25) is 0 Å². The minimum Gasteiger partial charge on any atom is -0.494 e. The molecule has 0 aliphatic heterocycles. The SMILES string of the molecule is CONc1cc(OC(F)F)ccc1OC. The van der Waals surface area contributed by atoms with Gasteiger partial charge in [0, 0.05) is 6.07 Å². The standard InChI is InChI=1S/C9H11F2NO3/c1-13-8-4-3-6(15-9(10)11)5-7(8)12-14-2/h3-5,9,12H,1-2H3. The van der Waals surface area contributed by atoms with E-state index in [0.717, 1.165) is 0 Å². The fraction of sp³-hybridized carbons (Fsp3) is 0.333. The van der Waals surface area contributed by atoms with Gasteiger partial charge in [0.1, 0.15) is 17.2 Å². The molecule has 0 aromatic heterocycles. The molecule has 15 heavy (non-hydrogen) atoms. The number of alkyl halides is 2. The van der Waals surface area contributed by atoms with Gasteiger partial charge in [-0.2, -0.15) is 8.78 Å². The van der Waals surface area contributed by atoms with Crippen molar-refractivity contribution in [1.82, 2.24) is 0 Å². The van der Waals surface area contributed by atoms with Crippen LogP contribution in [0.25, 0.3) is 0 Å². The molecule has 0 saturated carbocycles. The van der Waals surface area contributed by atoms with Gasteiger partial charge in [-0.25, -0.2) is 0 Å². The topological polar surface area (TPSA) is 39.7 Å². The Kier molecular flexibility index (Phi) is 4.11. The van der Waals surface area contributed by atoms with Gasteiger partial charge < -0.3 is 9.47 Å². The van der Waals surface area contributed by atoms with Crippen LogP contribution >= 0.6 is 0 Å². The van der Waals surface area contributed by atoms with Gasteiger partial charge in [0.15, 0.2) is 0 Å². The van der Waals surface area contributed by atoms with E-state index in [9.17, 15) is 8.78 Å². The van der Waals surface area contributed by atoms with E-state index in [1.807, 2.05) is 0 Å². The molecule has 0 saturated heterocycles. The van der Waals surface area contributed by atoms with Crippen molar-refractivity contribution in [2.24, 2.45) is 0 Å². The zero-order valence-corrected chi connectivity index (χ0v) is 8.29. The summed E-state index contributed by atoms with van der Waals surface area (Å²) in [6.45, 7) is -2.85. The molecule has 0 unspecified atom stereocenters. The van der Waals surface area contributed by atoms with Crippen LogP contribution in [0.3, 0.4) is 0 Å². The number of methoxy groups -OCH3 is 1. The van der Waals surface area contributed by atoms with Crippen molar-refractivity contribution in [3.05, 3.63) is 18.2 Å². The van der Waals surface area contributed by atoms with E-state index in [1.54, 1.807) is 0 Å². The zero-order valence-electron chi connectivity index (χ0n) is 8.29. The zero-order chi connectivity index (χ0) is 11.3. The lowest BCUT2D eigenvalue weighted by atomic mass is 10.3. The minimum atomic E-state index is -2.85. The van der Waals surface area contributed by atoms with Crippen LogP contribution in [0.1, 0.15) is 0 Å². The first-order valence-corrected chi connectivity index (χ1v) is 4.09. The maximum absolute atomic E-state index is 11.9. The Balaban J connectivity index is 2.88. The molecule has 0 aliphatic rings. The Labute approximate surface area is 85.7 Å². The second-order valence-corrected chi connectivity index (χ2v) is 2.55. The molecule has 6 heteroatoms. The average Bonchev–Trinajstić information content (AvgIpc) is 2.18. The summed E-state index contributed by atoms with van der Waals surface area (Å²) in [6, 6.07) is 4.24. The van der Waals surface area contributed by atoms with Crippen molar-refractivity contribution in [3.8, 4) is 11.5 Å². The van der Waals surface area contributed by atoms with Crippen LogP contribution in [-0.4, -0.2) is 20.8 Å². The Morgan fingerprint density at radius 1 is 1.27 bits per heavy atom. The van der Waals surface area contributed by atoms with E-state index < -0.39 is 6.61 Å². The lowest BCUT2D eigenvalue weighted by Crippen LogP contribution is -2.04. The normalized spacial score (nSPS) is 10.2. The highest BCUT2D eigenvalue weighted by molar-refractivity contribution is 5.58. The van der Waals surface area contributed by atoms with E-state index >= 15 is 0 Å². The molecule has 0 aliphatic carbocycles. The number of nitrogens with one attached hydrogen (secondary N) is 1.